The van der Waals surface area contributed by atoms with Crippen LogP contribution in [0.4, 0.5) is 0 Å². The van der Waals surface area contributed by atoms with Gasteiger partial charge in [0.2, 0.25) is 23.6 Å². The molecule has 9 nitrogen and oxygen atoms in total. The Bertz CT molecular complexity index is 1080. The number of imide groups is 1. The lowest BCUT2D eigenvalue weighted by atomic mass is 9.96. The summed E-state index contributed by atoms with van der Waals surface area (Å²) >= 11 is 0. The molecule has 1 fully saturated rings. The van der Waals surface area contributed by atoms with E-state index < -0.39 is 18.0 Å². The van der Waals surface area contributed by atoms with Gasteiger partial charge in [0.1, 0.15) is 6.04 Å². The minimum absolute atomic E-state index is 0.140. The van der Waals surface area contributed by atoms with Crippen molar-refractivity contribution in [2.75, 3.05) is 26.2 Å². The van der Waals surface area contributed by atoms with Crippen molar-refractivity contribution < 1.29 is 19.2 Å². The number of benzene rings is 2. The molecule has 9 heteroatoms. The van der Waals surface area contributed by atoms with Gasteiger partial charge in [-0.05, 0) is 48.6 Å². The minimum atomic E-state index is -1.02. The van der Waals surface area contributed by atoms with Crippen LogP contribution in [0.5, 0.6) is 0 Å². The van der Waals surface area contributed by atoms with E-state index >= 15 is 0 Å². The second-order valence-corrected chi connectivity index (χ2v) is 9.46. The van der Waals surface area contributed by atoms with Crippen molar-refractivity contribution in [2.24, 2.45) is 11.7 Å². The largest absolute Gasteiger partial charge is 0.353 e. The highest BCUT2D eigenvalue weighted by Crippen LogP contribution is 2.23. The molecular weight excluding hydrogens is 470 g/mol. The highest BCUT2D eigenvalue weighted by molar-refractivity contribution is 6.03. The Morgan fingerprint density at radius 2 is 1.73 bits per heavy atom. The summed E-state index contributed by atoms with van der Waals surface area (Å²) in [6.07, 6.45) is 2.81. The van der Waals surface area contributed by atoms with E-state index in [2.05, 4.69) is 16.0 Å². The van der Waals surface area contributed by atoms with E-state index in [0.29, 0.717) is 25.8 Å². The monoisotopic (exact) mass is 509 g/mol. The molecule has 4 amide bonds. The molecule has 3 rings (SSSR count). The van der Waals surface area contributed by atoms with Gasteiger partial charge in [0.25, 0.3) is 0 Å². The topological polar surface area (TPSA) is 134 Å². The van der Waals surface area contributed by atoms with Crippen LogP contribution in [0.25, 0.3) is 10.8 Å². The molecule has 2 aromatic rings. The maximum atomic E-state index is 13.7. The molecule has 0 aliphatic carbocycles. The zero-order valence-corrected chi connectivity index (χ0v) is 21.8. The van der Waals surface area contributed by atoms with Crippen molar-refractivity contribution in [1.29, 1.82) is 0 Å². The third-order valence-corrected chi connectivity index (χ3v) is 6.96. The summed E-state index contributed by atoms with van der Waals surface area (Å²) in [5.41, 5.74) is 6.17. The number of rotatable bonds is 12. The molecule has 2 aromatic carbocycles. The molecule has 5 N–H and O–H groups in total. The van der Waals surface area contributed by atoms with Crippen molar-refractivity contribution in [1.82, 2.24) is 20.9 Å². The molecule has 0 aromatic heterocycles. The number of nitrogens with zero attached hydrogens (tertiary/aromatic N) is 1. The predicted octanol–water partition coefficient (Wildman–Crippen LogP) is 1.49. The van der Waals surface area contributed by atoms with E-state index in [-0.39, 0.29) is 49.7 Å². The molecule has 0 saturated carbocycles. The van der Waals surface area contributed by atoms with Crippen LogP contribution in [0.3, 0.4) is 0 Å². The number of amides is 4. The van der Waals surface area contributed by atoms with Gasteiger partial charge in [-0.2, -0.15) is 0 Å². The Labute approximate surface area is 218 Å². The van der Waals surface area contributed by atoms with E-state index in [1.54, 1.807) is 0 Å². The van der Waals surface area contributed by atoms with Crippen molar-refractivity contribution in [2.45, 2.75) is 58.0 Å². The van der Waals surface area contributed by atoms with Crippen LogP contribution < -0.4 is 21.7 Å². The van der Waals surface area contributed by atoms with Crippen LogP contribution in [0, 0.1) is 5.92 Å². The van der Waals surface area contributed by atoms with Crippen LogP contribution in [-0.4, -0.2) is 66.8 Å². The van der Waals surface area contributed by atoms with E-state index in [9.17, 15) is 19.2 Å². The Morgan fingerprint density at radius 1 is 1.03 bits per heavy atom. The first-order chi connectivity index (χ1) is 17.9. The lowest BCUT2D eigenvalue weighted by Gasteiger charge is -2.33. The average Bonchev–Trinajstić information content (AvgIpc) is 3.46. The Balaban J connectivity index is 1.94. The summed E-state index contributed by atoms with van der Waals surface area (Å²) in [6, 6.07) is 12.3. The van der Waals surface area contributed by atoms with Crippen LogP contribution in [0.2, 0.25) is 0 Å². The molecule has 0 unspecified atom stereocenters. The molecule has 0 spiro atoms. The first-order valence-corrected chi connectivity index (χ1v) is 13.2. The molecule has 1 heterocycles. The molecule has 1 aliphatic rings. The number of carbonyl (C=O) groups excluding carboxylic acids is 4. The van der Waals surface area contributed by atoms with Gasteiger partial charge in [0, 0.05) is 25.4 Å². The minimum Gasteiger partial charge on any atom is -0.353 e. The molecule has 0 bridgehead atoms. The lowest BCUT2D eigenvalue weighted by molar-refractivity contribution is -0.155. The van der Waals surface area contributed by atoms with Gasteiger partial charge in [0.15, 0.2) is 0 Å². The summed E-state index contributed by atoms with van der Waals surface area (Å²) in [7, 11) is 0. The van der Waals surface area contributed by atoms with Crippen molar-refractivity contribution in [3.05, 3.63) is 48.0 Å². The third-order valence-electron chi connectivity index (χ3n) is 6.96. The quantitative estimate of drug-likeness (QED) is 0.320. The summed E-state index contributed by atoms with van der Waals surface area (Å²) in [5, 5.41) is 10.7. The standard InChI is InChI=1S/C28H39N5O4/c1-3-20(4-2)27(36)33(28(37)23-10-7-13-30-23)24(26(35)32-15-14-31-25(34)18-29)17-19-11-12-21-8-5-6-9-22(21)16-19/h5-6,8-9,11-12,16,20,23-24,30H,3-4,7,10,13-15,17-18,29H2,1-2H3,(H,31,34)(H,32,35)/t23-,24+/m0/s1. The van der Waals surface area contributed by atoms with Crippen LogP contribution >= 0.6 is 0 Å². The lowest BCUT2D eigenvalue weighted by Crippen LogP contribution is -2.58. The first kappa shape index (κ1) is 28.3. The SMILES string of the molecule is CCC(CC)C(=O)N(C(=O)[C@@H]1CCCN1)[C@H](Cc1ccc2ccccc2c1)C(=O)NCCNC(=O)CN. The average molecular weight is 510 g/mol. The maximum Gasteiger partial charge on any atom is 0.247 e. The van der Waals surface area contributed by atoms with E-state index in [0.717, 1.165) is 22.8 Å². The number of carbonyl (C=O) groups is 4. The highest BCUT2D eigenvalue weighted by Gasteiger charge is 2.40. The fraction of sp³-hybridized carbons (Fsp3) is 0.500. The van der Waals surface area contributed by atoms with Gasteiger partial charge in [-0.1, -0.05) is 56.3 Å². The smallest absolute Gasteiger partial charge is 0.247 e. The second kappa shape index (κ2) is 13.9. The summed E-state index contributed by atoms with van der Waals surface area (Å²) in [6.45, 7) is 4.75. The molecule has 2 atom stereocenters. The second-order valence-electron chi connectivity index (χ2n) is 9.46. The molecule has 1 aliphatic heterocycles. The van der Waals surface area contributed by atoms with E-state index in [1.807, 2.05) is 56.3 Å². The van der Waals surface area contributed by atoms with E-state index in [4.69, 9.17) is 5.73 Å². The summed E-state index contributed by atoms with van der Waals surface area (Å²) in [4.78, 5) is 53.7. The van der Waals surface area contributed by atoms with Crippen LogP contribution in [0.1, 0.15) is 45.1 Å². The van der Waals surface area contributed by atoms with Gasteiger partial charge >= 0.3 is 0 Å². The van der Waals surface area contributed by atoms with Gasteiger partial charge in [0.05, 0.1) is 12.6 Å². The predicted molar refractivity (Wildman–Crippen MR) is 143 cm³/mol. The molecule has 1 saturated heterocycles. The van der Waals surface area contributed by atoms with Crippen LogP contribution in [-0.2, 0) is 25.6 Å². The normalized spacial score (nSPS) is 15.9. The molecular formula is C28H39N5O4. The number of nitrogens with two attached hydrogens (primary N) is 1. The number of fused-ring (bicyclic) bond motifs is 1. The molecule has 37 heavy (non-hydrogen) atoms. The van der Waals surface area contributed by atoms with E-state index in [1.165, 1.54) is 4.90 Å². The zero-order chi connectivity index (χ0) is 26.8. The maximum absolute atomic E-state index is 13.7. The number of hydrogen-bond acceptors (Lipinski definition) is 6. The molecule has 0 radical (unpaired) electrons. The van der Waals surface area contributed by atoms with Crippen molar-refractivity contribution in [3.63, 3.8) is 0 Å². The fourth-order valence-electron chi connectivity index (χ4n) is 4.78. The zero-order valence-electron chi connectivity index (χ0n) is 21.8. The van der Waals surface area contributed by atoms with Crippen LogP contribution in [0.15, 0.2) is 42.5 Å². The summed E-state index contributed by atoms with van der Waals surface area (Å²) in [5.74, 6) is -1.79. The third kappa shape index (κ3) is 7.36. The van der Waals surface area contributed by atoms with Gasteiger partial charge in [-0.15, -0.1) is 0 Å². The van der Waals surface area contributed by atoms with Crippen molar-refractivity contribution >= 4 is 34.4 Å². The Kier molecular flexibility index (Phi) is 10.6. The van der Waals surface area contributed by atoms with Crippen molar-refractivity contribution in [3.8, 4) is 0 Å². The number of hydrogen-bond donors (Lipinski definition) is 4. The van der Waals surface area contributed by atoms with Gasteiger partial charge in [-0.25, -0.2) is 0 Å². The Hall–Kier alpha value is -3.30. The summed E-state index contributed by atoms with van der Waals surface area (Å²) < 4.78 is 0. The highest BCUT2D eigenvalue weighted by atomic mass is 16.2. The molecule has 200 valence electrons. The van der Waals surface area contributed by atoms with Gasteiger partial charge < -0.3 is 21.7 Å². The fourth-order valence-corrected chi connectivity index (χ4v) is 4.78. The van der Waals surface area contributed by atoms with Gasteiger partial charge in [-0.3, -0.25) is 24.1 Å². The number of nitrogens with one attached hydrogen (secondary N) is 3. The Morgan fingerprint density at radius 3 is 2.38 bits per heavy atom. The first-order valence-electron chi connectivity index (χ1n) is 13.2.